The first-order valence-electron chi connectivity index (χ1n) is 13.9. The van der Waals surface area contributed by atoms with Crippen molar-refractivity contribution in [1.29, 1.82) is 0 Å². The van der Waals surface area contributed by atoms with Crippen molar-refractivity contribution in [2.75, 3.05) is 32.5 Å². The average Bonchev–Trinajstić information content (AvgIpc) is 3.59. The second kappa shape index (κ2) is 13.6. The molecule has 0 saturated carbocycles. The number of likely N-dealkylation sites (tertiary alicyclic amines) is 1. The van der Waals surface area contributed by atoms with Crippen LogP contribution in [0.4, 0.5) is 5.95 Å². The molecule has 4 aromatic rings. The van der Waals surface area contributed by atoms with Crippen molar-refractivity contribution in [3.8, 4) is 16.8 Å². The first-order chi connectivity index (χ1) is 19.4. The van der Waals surface area contributed by atoms with E-state index >= 15 is 0 Å². The van der Waals surface area contributed by atoms with Crippen LogP contribution in [0.3, 0.4) is 0 Å². The number of carbonyl (C=O) groups excluding carboxylic acids is 2. The highest BCUT2D eigenvalue weighted by molar-refractivity contribution is 6.04. The van der Waals surface area contributed by atoms with Gasteiger partial charge in [-0.1, -0.05) is 30.3 Å². The monoisotopic (exact) mass is 575 g/mol. The lowest BCUT2D eigenvalue weighted by atomic mass is 10.0. The zero-order valence-corrected chi connectivity index (χ0v) is 24.7. The molecule has 1 saturated heterocycles. The summed E-state index contributed by atoms with van der Waals surface area (Å²) in [6, 6.07) is 17.8. The number of imidazole rings is 1. The number of halogens is 1. The maximum atomic E-state index is 13.3. The number of nitrogens with one attached hydrogen (secondary N) is 1. The van der Waals surface area contributed by atoms with Crippen molar-refractivity contribution < 1.29 is 9.59 Å². The van der Waals surface area contributed by atoms with E-state index in [2.05, 4.69) is 29.4 Å². The van der Waals surface area contributed by atoms with Crippen LogP contribution in [0.15, 0.2) is 73.2 Å². The highest BCUT2D eigenvalue weighted by atomic mass is 35.5. The summed E-state index contributed by atoms with van der Waals surface area (Å²) in [5, 5.41) is 7.24. The van der Waals surface area contributed by atoms with E-state index in [9.17, 15) is 9.59 Å². The van der Waals surface area contributed by atoms with Gasteiger partial charge in [-0.3, -0.25) is 24.2 Å². The number of aromatic nitrogens is 4. The minimum atomic E-state index is -0.239. The Balaban J connectivity index is 0.00000387. The van der Waals surface area contributed by atoms with Crippen LogP contribution in [0.5, 0.6) is 0 Å². The van der Waals surface area contributed by atoms with Gasteiger partial charge in [0.25, 0.3) is 5.91 Å². The van der Waals surface area contributed by atoms with Crippen molar-refractivity contribution in [3.05, 3.63) is 84.4 Å². The number of para-hydroxylation sites is 1. The Hall–Kier alpha value is -3.95. The van der Waals surface area contributed by atoms with E-state index in [0.717, 1.165) is 48.4 Å². The van der Waals surface area contributed by atoms with E-state index in [1.165, 1.54) is 0 Å². The van der Waals surface area contributed by atoms with Gasteiger partial charge in [-0.25, -0.2) is 4.98 Å². The van der Waals surface area contributed by atoms with Crippen LogP contribution < -0.4 is 5.32 Å². The van der Waals surface area contributed by atoms with Crippen molar-refractivity contribution in [2.45, 2.75) is 38.1 Å². The number of piperidine rings is 1. The Morgan fingerprint density at radius 3 is 2.44 bits per heavy atom. The van der Waals surface area contributed by atoms with E-state index in [-0.39, 0.29) is 24.2 Å². The van der Waals surface area contributed by atoms with Gasteiger partial charge in [-0.2, -0.15) is 5.10 Å². The van der Waals surface area contributed by atoms with E-state index in [4.69, 9.17) is 4.98 Å². The van der Waals surface area contributed by atoms with Gasteiger partial charge in [0.2, 0.25) is 11.9 Å². The molecule has 1 fully saturated rings. The number of nitrogens with zero attached hydrogens (tertiary/aromatic N) is 6. The van der Waals surface area contributed by atoms with E-state index in [1.807, 2.05) is 77.4 Å². The smallest absolute Gasteiger partial charge is 0.258 e. The fraction of sp³-hybridized carbons (Fsp3) is 0.355. The molecule has 3 heterocycles. The molecule has 0 radical (unpaired) electrons. The Morgan fingerprint density at radius 1 is 1.00 bits per heavy atom. The molecule has 216 valence electrons. The maximum Gasteiger partial charge on any atom is 0.258 e. The number of benzene rings is 2. The molecule has 0 unspecified atom stereocenters. The fourth-order valence-corrected chi connectivity index (χ4v) is 5.22. The average molecular weight is 576 g/mol. The van der Waals surface area contributed by atoms with E-state index in [1.54, 1.807) is 16.9 Å². The molecule has 0 spiro atoms. The third-order valence-corrected chi connectivity index (χ3v) is 7.55. The zero-order valence-electron chi connectivity index (χ0n) is 23.9. The van der Waals surface area contributed by atoms with E-state index < -0.39 is 0 Å². The lowest BCUT2D eigenvalue weighted by Gasteiger charge is -2.35. The summed E-state index contributed by atoms with van der Waals surface area (Å²) in [5.74, 6) is 0.424. The number of hydrogen-bond acceptors (Lipinski definition) is 5. The number of anilines is 1. The van der Waals surface area contributed by atoms with Gasteiger partial charge in [0, 0.05) is 61.8 Å². The summed E-state index contributed by atoms with van der Waals surface area (Å²) in [6.45, 7) is 1.64. The highest BCUT2D eigenvalue weighted by Gasteiger charge is 2.23. The summed E-state index contributed by atoms with van der Waals surface area (Å²) in [5.41, 5.74) is 4.14. The lowest BCUT2D eigenvalue weighted by molar-refractivity contribution is -0.132. The molecular weight excluding hydrogens is 538 g/mol. The van der Waals surface area contributed by atoms with Crippen LogP contribution in [0.25, 0.3) is 16.8 Å². The minimum absolute atomic E-state index is 0. The van der Waals surface area contributed by atoms with Gasteiger partial charge in [0.1, 0.15) is 0 Å². The van der Waals surface area contributed by atoms with Crippen LogP contribution in [0.1, 0.15) is 41.7 Å². The Bertz CT molecular complexity index is 1460. The number of aryl methyl sites for hydroxylation is 2. The number of hydrogen-bond donors (Lipinski definition) is 1. The largest absolute Gasteiger partial charge is 0.343 e. The van der Waals surface area contributed by atoms with Crippen LogP contribution in [0, 0.1) is 0 Å². The molecule has 0 bridgehead atoms. The standard InChI is InChI=1S/C31H37N7O2.ClH/c1-35(2)27-15-17-37(18-16-27)29(39)14-8-11-26-22-38(28-12-5-4-6-13-28)31(33-26)34-30(40)24-10-7-9-23(19-24)25-20-32-36(3)21-25;/h4-7,9-10,12-13,19-22,27H,8,11,14-18H2,1-3H3,(H,33,34,40);1H. The summed E-state index contributed by atoms with van der Waals surface area (Å²) < 4.78 is 3.63. The van der Waals surface area contributed by atoms with E-state index in [0.29, 0.717) is 36.8 Å². The van der Waals surface area contributed by atoms with Gasteiger partial charge in [0.15, 0.2) is 0 Å². The van der Waals surface area contributed by atoms with Crippen LogP contribution in [0.2, 0.25) is 0 Å². The van der Waals surface area contributed by atoms with Gasteiger partial charge < -0.3 is 9.80 Å². The predicted molar refractivity (Wildman–Crippen MR) is 164 cm³/mol. The lowest BCUT2D eigenvalue weighted by Crippen LogP contribution is -2.44. The molecule has 1 aliphatic heterocycles. The predicted octanol–water partition coefficient (Wildman–Crippen LogP) is 4.82. The molecule has 5 rings (SSSR count). The van der Waals surface area contributed by atoms with Crippen LogP contribution in [-0.2, 0) is 18.3 Å². The summed E-state index contributed by atoms with van der Waals surface area (Å²) in [4.78, 5) is 35.1. The Kier molecular flexibility index (Phi) is 9.96. The summed E-state index contributed by atoms with van der Waals surface area (Å²) in [7, 11) is 6.07. The molecule has 2 aromatic carbocycles. The van der Waals surface area contributed by atoms with Crippen molar-refractivity contribution in [1.82, 2.24) is 29.1 Å². The summed E-state index contributed by atoms with van der Waals surface area (Å²) >= 11 is 0. The number of carbonyl (C=O) groups is 2. The van der Waals surface area contributed by atoms with Gasteiger partial charge in [0.05, 0.1) is 11.9 Å². The molecular formula is C31H38ClN7O2. The molecule has 2 aromatic heterocycles. The van der Waals surface area contributed by atoms with Crippen LogP contribution in [-0.4, -0.2) is 74.2 Å². The fourth-order valence-electron chi connectivity index (χ4n) is 5.22. The quantitative estimate of drug-likeness (QED) is 0.309. The summed E-state index contributed by atoms with van der Waals surface area (Å²) in [6.07, 6.45) is 9.54. The molecule has 0 aliphatic carbocycles. The third kappa shape index (κ3) is 7.42. The molecule has 0 atom stereocenters. The van der Waals surface area contributed by atoms with Gasteiger partial charge in [-0.05, 0) is 69.6 Å². The van der Waals surface area contributed by atoms with Gasteiger partial charge >= 0.3 is 0 Å². The Morgan fingerprint density at radius 2 is 1.76 bits per heavy atom. The van der Waals surface area contributed by atoms with Crippen molar-refractivity contribution in [3.63, 3.8) is 0 Å². The Labute approximate surface area is 247 Å². The minimum Gasteiger partial charge on any atom is -0.343 e. The highest BCUT2D eigenvalue weighted by Crippen LogP contribution is 2.22. The second-order valence-electron chi connectivity index (χ2n) is 10.6. The second-order valence-corrected chi connectivity index (χ2v) is 10.6. The number of amides is 2. The zero-order chi connectivity index (χ0) is 28.1. The molecule has 41 heavy (non-hydrogen) atoms. The molecule has 10 heteroatoms. The SMILES string of the molecule is CN(C)C1CCN(C(=O)CCCc2cn(-c3ccccc3)c(NC(=O)c3cccc(-c4cnn(C)c4)c3)n2)CC1.Cl. The molecule has 2 amide bonds. The van der Waals surface area contributed by atoms with Crippen molar-refractivity contribution in [2.24, 2.45) is 7.05 Å². The van der Waals surface area contributed by atoms with Crippen molar-refractivity contribution >= 4 is 30.2 Å². The van der Waals surface area contributed by atoms with Gasteiger partial charge in [-0.15, -0.1) is 12.4 Å². The maximum absolute atomic E-state index is 13.3. The molecule has 1 aliphatic rings. The first kappa shape index (κ1) is 30.0. The first-order valence-corrected chi connectivity index (χ1v) is 13.9. The molecule has 1 N–H and O–H groups in total. The third-order valence-electron chi connectivity index (χ3n) is 7.55. The normalized spacial score (nSPS) is 13.7. The topological polar surface area (TPSA) is 88.3 Å². The van der Waals surface area contributed by atoms with Crippen LogP contribution >= 0.6 is 12.4 Å². The number of rotatable bonds is 9. The molecule has 9 nitrogen and oxygen atoms in total.